The normalized spacial score (nSPS) is 14.0. The predicted molar refractivity (Wildman–Crippen MR) is 91.7 cm³/mol. The van der Waals surface area contributed by atoms with E-state index in [1.54, 1.807) is 32.4 Å². The fourth-order valence-corrected chi connectivity index (χ4v) is 3.13. The summed E-state index contributed by atoms with van der Waals surface area (Å²) in [6.07, 6.45) is 3.91. The van der Waals surface area contributed by atoms with E-state index in [9.17, 15) is 14.7 Å². The van der Waals surface area contributed by atoms with Crippen LogP contribution in [-0.2, 0) is 0 Å². The van der Waals surface area contributed by atoms with Crippen molar-refractivity contribution in [2.75, 3.05) is 25.1 Å². The molecule has 1 aliphatic heterocycles. The van der Waals surface area contributed by atoms with Crippen molar-refractivity contribution >= 4 is 11.7 Å². The number of anilines is 1. The second-order valence-corrected chi connectivity index (χ2v) is 5.90. The second-order valence-electron chi connectivity index (χ2n) is 5.90. The maximum absolute atomic E-state index is 12.5. The lowest BCUT2D eigenvalue weighted by Crippen LogP contribution is -2.26. The molecule has 1 fully saturated rings. The number of carbonyl (C=O) groups is 1. The highest BCUT2D eigenvalue weighted by molar-refractivity contribution is 5.88. The first-order valence-electron chi connectivity index (χ1n) is 7.92. The van der Waals surface area contributed by atoms with Gasteiger partial charge in [-0.2, -0.15) is 0 Å². The molecule has 1 aliphatic rings. The summed E-state index contributed by atoms with van der Waals surface area (Å²) in [6, 6.07) is 7.15. The summed E-state index contributed by atoms with van der Waals surface area (Å²) in [5, 5.41) is 9.26. The molecule has 0 amide bonds. The number of carboxylic acids is 1. The van der Waals surface area contributed by atoms with Crippen LogP contribution in [0.15, 0.2) is 35.3 Å². The van der Waals surface area contributed by atoms with Gasteiger partial charge in [0.05, 0.1) is 18.5 Å². The number of ether oxygens (including phenoxy) is 1. The number of rotatable bonds is 4. The van der Waals surface area contributed by atoms with Gasteiger partial charge in [0.2, 0.25) is 0 Å². The molecule has 1 N–H and O–H groups in total. The number of methoxy groups -OCH3 is 1. The fraction of sp³-hybridized carbons (Fsp3) is 0.333. The highest BCUT2D eigenvalue weighted by atomic mass is 16.5. The maximum Gasteiger partial charge on any atom is 0.341 e. The van der Waals surface area contributed by atoms with Gasteiger partial charge in [0, 0.05) is 25.4 Å². The summed E-state index contributed by atoms with van der Waals surface area (Å²) in [7, 11) is 1.60. The van der Waals surface area contributed by atoms with Crippen LogP contribution >= 0.6 is 0 Å². The molecule has 0 bridgehead atoms. The molecule has 2 aromatic rings. The van der Waals surface area contributed by atoms with Gasteiger partial charge < -0.3 is 14.7 Å². The lowest BCUT2D eigenvalue weighted by atomic mass is 10.1. The van der Waals surface area contributed by atoms with Crippen LogP contribution in [0.5, 0.6) is 5.75 Å². The SMILES string of the molecule is COc1cc(-n2ccc(C)c(C(=O)O)c2=O)ccc1N1CCCC1. The number of aromatic nitrogens is 1. The number of nitrogens with zero attached hydrogens (tertiary/aromatic N) is 2. The van der Waals surface area contributed by atoms with Crippen molar-refractivity contribution in [1.29, 1.82) is 0 Å². The first-order valence-corrected chi connectivity index (χ1v) is 7.92. The molecule has 1 aromatic carbocycles. The largest absolute Gasteiger partial charge is 0.495 e. The van der Waals surface area contributed by atoms with E-state index in [2.05, 4.69) is 4.90 Å². The van der Waals surface area contributed by atoms with Gasteiger partial charge >= 0.3 is 5.97 Å². The molecule has 1 saturated heterocycles. The molecule has 0 atom stereocenters. The van der Waals surface area contributed by atoms with Crippen LogP contribution < -0.4 is 15.2 Å². The van der Waals surface area contributed by atoms with Gasteiger partial charge in [-0.25, -0.2) is 4.79 Å². The van der Waals surface area contributed by atoms with Crippen molar-refractivity contribution in [1.82, 2.24) is 4.57 Å². The van der Waals surface area contributed by atoms with E-state index in [-0.39, 0.29) is 5.56 Å². The van der Waals surface area contributed by atoms with Gasteiger partial charge in [0.1, 0.15) is 11.3 Å². The average Bonchev–Trinajstić information content (AvgIpc) is 3.08. The number of aromatic carboxylic acids is 1. The van der Waals surface area contributed by atoms with Crippen molar-refractivity contribution in [3.8, 4) is 11.4 Å². The summed E-state index contributed by atoms with van der Waals surface area (Å²) >= 11 is 0. The van der Waals surface area contributed by atoms with Crippen LogP contribution in [0, 0.1) is 6.92 Å². The van der Waals surface area contributed by atoms with E-state index in [0.717, 1.165) is 31.6 Å². The Hall–Kier alpha value is -2.76. The summed E-state index contributed by atoms with van der Waals surface area (Å²) in [5.41, 5.74) is 1.28. The molecule has 6 nitrogen and oxygen atoms in total. The Bertz CT molecular complexity index is 835. The molecule has 0 spiro atoms. The lowest BCUT2D eigenvalue weighted by Gasteiger charge is -2.21. The minimum atomic E-state index is -1.22. The number of aryl methyl sites for hydroxylation is 1. The topological polar surface area (TPSA) is 71.8 Å². The van der Waals surface area contributed by atoms with Gasteiger partial charge in [0.25, 0.3) is 5.56 Å². The van der Waals surface area contributed by atoms with E-state index in [0.29, 0.717) is 17.0 Å². The molecular weight excluding hydrogens is 308 g/mol. The first-order chi connectivity index (χ1) is 11.5. The highest BCUT2D eigenvalue weighted by Gasteiger charge is 2.19. The monoisotopic (exact) mass is 328 g/mol. The molecule has 126 valence electrons. The zero-order valence-corrected chi connectivity index (χ0v) is 13.8. The Kier molecular flexibility index (Phi) is 4.29. The minimum absolute atomic E-state index is 0.208. The van der Waals surface area contributed by atoms with Gasteiger partial charge in [-0.1, -0.05) is 0 Å². The third kappa shape index (κ3) is 2.75. The van der Waals surface area contributed by atoms with E-state index in [1.165, 1.54) is 4.57 Å². The predicted octanol–water partition coefficient (Wildman–Crippen LogP) is 2.45. The Balaban J connectivity index is 2.09. The number of pyridine rings is 1. The zero-order chi connectivity index (χ0) is 17.3. The van der Waals surface area contributed by atoms with Crippen molar-refractivity contribution in [2.24, 2.45) is 0 Å². The van der Waals surface area contributed by atoms with Crippen LogP contribution in [0.1, 0.15) is 28.8 Å². The first kappa shape index (κ1) is 16.1. The van der Waals surface area contributed by atoms with Crippen LogP contribution in [0.3, 0.4) is 0 Å². The Morgan fingerprint density at radius 2 is 1.92 bits per heavy atom. The Morgan fingerprint density at radius 1 is 1.21 bits per heavy atom. The van der Waals surface area contributed by atoms with Crippen LogP contribution in [0.2, 0.25) is 0 Å². The van der Waals surface area contributed by atoms with Crippen molar-refractivity contribution < 1.29 is 14.6 Å². The fourth-order valence-electron chi connectivity index (χ4n) is 3.13. The molecule has 3 rings (SSSR count). The third-order valence-electron chi connectivity index (χ3n) is 4.40. The van der Waals surface area contributed by atoms with Crippen LogP contribution in [-0.4, -0.2) is 35.8 Å². The quantitative estimate of drug-likeness (QED) is 0.933. The molecule has 24 heavy (non-hydrogen) atoms. The van der Waals surface area contributed by atoms with E-state index >= 15 is 0 Å². The molecular formula is C18H20N2O4. The standard InChI is InChI=1S/C18H20N2O4/c1-12-7-10-20(17(21)16(12)18(22)23)13-5-6-14(15(11-13)24-2)19-8-3-4-9-19/h5-7,10-11H,3-4,8-9H2,1-2H3,(H,22,23). The number of benzene rings is 1. The molecule has 6 heteroatoms. The molecule has 2 heterocycles. The molecule has 0 radical (unpaired) electrons. The molecule has 0 aliphatic carbocycles. The van der Waals surface area contributed by atoms with Gasteiger partial charge in [0.15, 0.2) is 0 Å². The summed E-state index contributed by atoms with van der Waals surface area (Å²) in [4.78, 5) is 26.1. The molecule has 0 unspecified atom stereocenters. The highest BCUT2D eigenvalue weighted by Crippen LogP contribution is 2.32. The van der Waals surface area contributed by atoms with E-state index in [1.807, 2.05) is 12.1 Å². The number of hydrogen-bond acceptors (Lipinski definition) is 4. The Labute approximate surface area is 139 Å². The van der Waals surface area contributed by atoms with Crippen molar-refractivity contribution in [2.45, 2.75) is 19.8 Å². The summed E-state index contributed by atoms with van der Waals surface area (Å²) in [6.45, 7) is 3.60. The third-order valence-corrected chi connectivity index (χ3v) is 4.40. The average molecular weight is 328 g/mol. The van der Waals surface area contributed by atoms with E-state index in [4.69, 9.17) is 4.74 Å². The van der Waals surface area contributed by atoms with Crippen molar-refractivity contribution in [3.05, 3.63) is 51.9 Å². The summed E-state index contributed by atoms with van der Waals surface area (Å²) < 4.78 is 6.83. The molecule has 0 saturated carbocycles. The lowest BCUT2D eigenvalue weighted by molar-refractivity contribution is 0.0694. The minimum Gasteiger partial charge on any atom is -0.495 e. The van der Waals surface area contributed by atoms with Gasteiger partial charge in [-0.3, -0.25) is 9.36 Å². The van der Waals surface area contributed by atoms with Crippen molar-refractivity contribution in [3.63, 3.8) is 0 Å². The second kappa shape index (κ2) is 6.39. The Morgan fingerprint density at radius 3 is 2.54 bits per heavy atom. The summed E-state index contributed by atoms with van der Waals surface area (Å²) in [5.74, 6) is -0.536. The van der Waals surface area contributed by atoms with Gasteiger partial charge in [-0.05, 0) is 43.5 Å². The number of carboxylic acid groups (broad SMARTS) is 1. The molecule has 1 aromatic heterocycles. The van der Waals surface area contributed by atoms with Gasteiger partial charge in [-0.15, -0.1) is 0 Å². The van der Waals surface area contributed by atoms with Crippen LogP contribution in [0.4, 0.5) is 5.69 Å². The zero-order valence-electron chi connectivity index (χ0n) is 13.8. The van der Waals surface area contributed by atoms with E-state index < -0.39 is 11.5 Å². The maximum atomic E-state index is 12.5. The smallest absolute Gasteiger partial charge is 0.341 e. The van der Waals surface area contributed by atoms with Crippen LogP contribution in [0.25, 0.3) is 5.69 Å². The number of hydrogen-bond donors (Lipinski definition) is 1.